The number of hydrogen-bond donors (Lipinski definition) is 1. The third-order valence-corrected chi connectivity index (χ3v) is 14.4. The molecule has 1 aromatic heterocycles. The van der Waals surface area contributed by atoms with Gasteiger partial charge in [-0.25, -0.2) is 9.18 Å². The van der Waals surface area contributed by atoms with Crippen LogP contribution < -0.4 is 16.0 Å². The second kappa shape index (κ2) is 13.7. The Morgan fingerprint density at radius 1 is 0.938 bits per heavy atom. The number of benzene rings is 3. The lowest BCUT2D eigenvalue weighted by Gasteiger charge is -2.44. The van der Waals surface area contributed by atoms with Crippen LogP contribution in [0.2, 0.25) is 18.1 Å². The summed E-state index contributed by atoms with van der Waals surface area (Å²) in [5.41, 5.74) is -3.38. The molecule has 1 fully saturated rings. The summed E-state index contributed by atoms with van der Waals surface area (Å²) in [4.78, 5) is 26.8. The van der Waals surface area contributed by atoms with Crippen LogP contribution in [0.1, 0.15) is 43.7 Å². The van der Waals surface area contributed by atoms with Crippen molar-refractivity contribution in [1.82, 2.24) is 9.55 Å². The molecule has 5 rings (SSSR count). The van der Waals surface area contributed by atoms with Gasteiger partial charge in [0.1, 0.15) is 23.1 Å². The van der Waals surface area contributed by atoms with Gasteiger partial charge < -0.3 is 18.6 Å². The lowest BCUT2D eigenvalue weighted by molar-refractivity contribution is -0.152. The minimum Gasteiger partial charge on any atom is -0.497 e. The summed E-state index contributed by atoms with van der Waals surface area (Å²) in [6, 6.07) is 26.0. The lowest BCUT2D eigenvalue weighted by Crippen LogP contribution is -2.55. The van der Waals surface area contributed by atoms with Crippen LogP contribution >= 0.6 is 11.6 Å². The van der Waals surface area contributed by atoms with E-state index < -0.39 is 55.1 Å². The fourth-order valence-electron chi connectivity index (χ4n) is 5.69. The van der Waals surface area contributed by atoms with Crippen molar-refractivity contribution in [2.24, 2.45) is 0 Å². The number of rotatable bonds is 11. The molecule has 0 unspecified atom stereocenters. The first-order chi connectivity index (χ1) is 22.7. The van der Waals surface area contributed by atoms with Crippen LogP contribution in [0.4, 0.5) is 8.78 Å². The van der Waals surface area contributed by atoms with Crippen LogP contribution in [-0.4, -0.2) is 55.3 Å². The van der Waals surface area contributed by atoms with Gasteiger partial charge in [0, 0.05) is 0 Å². The molecule has 48 heavy (non-hydrogen) atoms. The van der Waals surface area contributed by atoms with E-state index in [2.05, 4.69) is 20.8 Å². The van der Waals surface area contributed by atoms with Gasteiger partial charge in [0.15, 0.2) is 20.7 Å². The molecule has 4 atom stereocenters. The van der Waals surface area contributed by atoms with Crippen molar-refractivity contribution >= 4 is 19.9 Å². The average Bonchev–Trinajstić information content (AvgIpc) is 3.35. The third-order valence-electron chi connectivity index (χ3n) is 9.50. The number of nitrogens with one attached hydrogen (secondary N) is 1. The lowest BCUT2D eigenvalue weighted by atomic mass is 9.79. The molecule has 0 radical (unpaired) electrons. The Morgan fingerprint density at radius 2 is 1.48 bits per heavy atom. The summed E-state index contributed by atoms with van der Waals surface area (Å²) in [6.07, 6.45) is -4.63. The smallest absolute Gasteiger partial charge is 0.330 e. The first kappa shape index (κ1) is 35.7. The molecule has 0 bridgehead atoms. The molecule has 2 heterocycles. The van der Waals surface area contributed by atoms with Gasteiger partial charge in [-0.1, -0.05) is 93.6 Å². The average molecular weight is 699 g/mol. The zero-order chi connectivity index (χ0) is 34.9. The third kappa shape index (κ3) is 6.54. The van der Waals surface area contributed by atoms with Crippen molar-refractivity contribution in [1.29, 1.82) is 0 Å². The van der Waals surface area contributed by atoms with Crippen molar-refractivity contribution in [3.63, 3.8) is 0 Å². The highest BCUT2D eigenvalue weighted by Gasteiger charge is 2.61. The molecule has 4 aromatic rings. The maximum Gasteiger partial charge on any atom is 0.330 e. The molecule has 8 nitrogen and oxygen atoms in total. The Hall–Kier alpha value is -3.61. The molecule has 1 aliphatic rings. The van der Waals surface area contributed by atoms with Crippen LogP contribution in [0.5, 0.6) is 5.75 Å². The van der Waals surface area contributed by atoms with Gasteiger partial charge in [0.25, 0.3) is 5.56 Å². The molecule has 12 heteroatoms. The summed E-state index contributed by atoms with van der Waals surface area (Å²) in [5.74, 6) is -0.963. The van der Waals surface area contributed by atoms with Crippen LogP contribution in [0.25, 0.3) is 0 Å². The van der Waals surface area contributed by atoms with Crippen LogP contribution in [0.3, 0.4) is 0 Å². The van der Waals surface area contributed by atoms with E-state index in [0.29, 0.717) is 33.2 Å². The van der Waals surface area contributed by atoms with E-state index in [1.807, 2.05) is 90.9 Å². The Balaban J connectivity index is 1.75. The van der Waals surface area contributed by atoms with Gasteiger partial charge in [-0.2, -0.15) is 4.39 Å². The van der Waals surface area contributed by atoms with E-state index in [1.54, 1.807) is 19.2 Å². The molecule has 0 saturated carbocycles. The molecule has 3 aromatic carbocycles. The second-order valence-electron chi connectivity index (χ2n) is 13.5. The first-order valence-electron chi connectivity index (χ1n) is 15.7. The van der Waals surface area contributed by atoms with Crippen LogP contribution in [0.15, 0.2) is 101 Å². The number of alkyl halides is 2. The predicted octanol–water partition coefficient (Wildman–Crippen LogP) is 6.93. The number of aromatic amines is 1. The number of ether oxygens (including phenoxy) is 3. The number of H-pyrrole nitrogens is 1. The van der Waals surface area contributed by atoms with Crippen molar-refractivity contribution in [3.05, 3.63) is 134 Å². The minimum absolute atomic E-state index is 0.183. The summed E-state index contributed by atoms with van der Waals surface area (Å²) in [5, 5.41) is -0.218. The van der Waals surface area contributed by atoms with Gasteiger partial charge in [0.05, 0.1) is 25.8 Å². The van der Waals surface area contributed by atoms with E-state index >= 15 is 4.39 Å². The second-order valence-corrected chi connectivity index (χ2v) is 18.6. The Morgan fingerprint density at radius 3 is 1.98 bits per heavy atom. The normalized spacial score (nSPS) is 21.7. The quantitative estimate of drug-likeness (QED) is 0.104. The molecule has 256 valence electrons. The van der Waals surface area contributed by atoms with Crippen molar-refractivity contribution in [2.45, 2.75) is 68.6 Å². The number of hydrogen-bond acceptors (Lipinski definition) is 6. The molecule has 0 aliphatic carbocycles. The largest absolute Gasteiger partial charge is 0.497 e. The van der Waals surface area contributed by atoms with E-state index in [0.717, 1.165) is 0 Å². The first-order valence-corrected chi connectivity index (χ1v) is 19.1. The highest BCUT2D eigenvalue weighted by Crippen LogP contribution is 2.50. The molecule has 1 N–H and O–H groups in total. The van der Waals surface area contributed by atoms with Gasteiger partial charge in [0.2, 0.25) is 5.82 Å². The SMILES string of the molecule is COc1ccc(C(O[C@H]2[C@H](F)[C@H](n3cc(F)c(=O)[nH]c3=O)O[C@]2(CCl)CO[Si](C)(C)C(C)(C)C)(c2ccccc2)c2ccccc2)cc1. The Labute approximate surface area is 284 Å². The van der Waals surface area contributed by atoms with E-state index in [-0.39, 0.29) is 17.5 Å². The van der Waals surface area contributed by atoms with Gasteiger partial charge in [-0.05, 0) is 47.0 Å². The molecular weight excluding hydrogens is 658 g/mol. The summed E-state index contributed by atoms with van der Waals surface area (Å²) < 4.78 is 58.2. The number of halogens is 3. The van der Waals surface area contributed by atoms with Gasteiger partial charge in [-0.15, -0.1) is 11.6 Å². The Bertz CT molecular complexity index is 1780. The van der Waals surface area contributed by atoms with Crippen LogP contribution in [0, 0.1) is 5.82 Å². The zero-order valence-electron chi connectivity index (χ0n) is 27.8. The number of methoxy groups -OCH3 is 1. The maximum atomic E-state index is 17.3. The summed E-state index contributed by atoms with van der Waals surface area (Å²) in [7, 11) is -0.918. The van der Waals surface area contributed by atoms with E-state index in [4.69, 9.17) is 30.2 Å². The minimum atomic E-state index is -2.48. The van der Waals surface area contributed by atoms with Crippen LogP contribution in [-0.2, 0) is 19.5 Å². The molecule has 1 saturated heterocycles. The summed E-state index contributed by atoms with van der Waals surface area (Å²) in [6.45, 7) is 10.1. The van der Waals surface area contributed by atoms with Crippen molar-refractivity contribution in [3.8, 4) is 5.75 Å². The topological polar surface area (TPSA) is 91.8 Å². The van der Waals surface area contributed by atoms with E-state index in [9.17, 15) is 14.0 Å². The highest BCUT2D eigenvalue weighted by atomic mass is 35.5. The maximum absolute atomic E-state index is 17.3. The predicted molar refractivity (Wildman–Crippen MR) is 184 cm³/mol. The molecule has 1 aliphatic heterocycles. The van der Waals surface area contributed by atoms with Gasteiger partial charge >= 0.3 is 5.69 Å². The summed E-state index contributed by atoms with van der Waals surface area (Å²) >= 11 is 6.75. The molecule has 0 amide bonds. The van der Waals surface area contributed by atoms with E-state index in [1.165, 1.54) is 0 Å². The fraction of sp³-hybridized carbons (Fsp3) is 0.389. The fourth-order valence-corrected chi connectivity index (χ4v) is 7.02. The Kier molecular flexibility index (Phi) is 10.2. The highest BCUT2D eigenvalue weighted by molar-refractivity contribution is 6.74. The van der Waals surface area contributed by atoms with Gasteiger partial charge in [-0.3, -0.25) is 14.3 Å². The van der Waals surface area contributed by atoms with Crippen molar-refractivity contribution in [2.75, 3.05) is 19.6 Å². The number of nitrogens with zero attached hydrogens (tertiary/aromatic N) is 1. The molecular formula is C36H41ClF2N2O6Si. The monoisotopic (exact) mass is 698 g/mol. The molecule has 0 spiro atoms. The van der Waals surface area contributed by atoms with Crippen molar-refractivity contribution < 1.29 is 27.4 Å². The standard InChI is InChI=1S/C36H41ClF2N2O6Si/c1-34(2,3)48(5,6)45-23-35(22-37)30(29(39)32(47-35)41-21-28(38)31(42)40-33(41)43)46-36(24-13-9-7-10-14-24,25-15-11-8-12-16-25)26-17-19-27(44-4)20-18-26/h7-21,29-30,32H,22-23H2,1-6H3,(H,40,42,43)/t29-,30-,32+,35+/m0/s1. The number of aromatic nitrogens is 2. The zero-order valence-corrected chi connectivity index (χ0v) is 29.6.